The zero-order valence-corrected chi connectivity index (χ0v) is 9.95. The van der Waals surface area contributed by atoms with E-state index < -0.39 is 0 Å². The van der Waals surface area contributed by atoms with E-state index in [4.69, 9.17) is 14.2 Å². The first-order valence-corrected chi connectivity index (χ1v) is 5.58. The molecule has 1 rings (SSSR count). The molecule has 0 fully saturated rings. The van der Waals surface area contributed by atoms with Gasteiger partial charge in [0.15, 0.2) is 5.12 Å². The van der Waals surface area contributed by atoms with Gasteiger partial charge < -0.3 is 14.2 Å². The summed E-state index contributed by atoms with van der Waals surface area (Å²) in [5, 5.41) is 0.0386. The van der Waals surface area contributed by atoms with E-state index in [1.165, 1.54) is 6.92 Å². The third kappa shape index (κ3) is 3.95. The van der Waals surface area contributed by atoms with Gasteiger partial charge >= 0.3 is 0 Å². The van der Waals surface area contributed by atoms with Gasteiger partial charge in [-0.25, -0.2) is 0 Å². The molecular weight excluding hydrogens is 216 g/mol. The zero-order valence-electron chi connectivity index (χ0n) is 9.14. The van der Waals surface area contributed by atoms with Crippen molar-refractivity contribution in [2.45, 2.75) is 24.6 Å². The lowest BCUT2D eigenvalue weighted by Gasteiger charge is -2.30. The fraction of sp³-hybridized carbons (Fsp3) is 0.700. The van der Waals surface area contributed by atoms with Gasteiger partial charge in [-0.2, -0.15) is 0 Å². The smallest absolute Gasteiger partial charge is 0.188 e. The van der Waals surface area contributed by atoms with Gasteiger partial charge in [0.2, 0.25) is 0 Å². The summed E-state index contributed by atoms with van der Waals surface area (Å²) in [4.78, 5) is 10.9. The number of ether oxygens (including phenoxy) is 3. The summed E-state index contributed by atoms with van der Waals surface area (Å²) in [7, 11) is 3.24. The first-order valence-electron chi connectivity index (χ1n) is 4.70. The molecule has 0 saturated heterocycles. The largest absolute Gasteiger partial charge is 0.382 e. The quantitative estimate of drug-likeness (QED) is 0.682. The third-order valence-corrected chi connectivity index (χ3v) is 2.85. The minimum atomic E-state index is -0.228. The summed E-state index contributed by atoms with van der Waals surface area (Å²) in [5.41, 5.74) is -0.228. The lowest BCUT2D eigenvalue weighted by atomic mass is 10.1. The van der Waals surface area contributed by atoms with Crippen LogP contribution >= 0.6 is 11.8 Å². The van der Waals surface area contributed by atoms with Crippen LogP contribution < -0.4 is 0 Å². The summed E-state index contributed by atoms with van der Waals surface area (Å²) >= 11 is 1.16. The van der Waals surface area contributed by atoms with Crippen LogP contribution in [0, 0.1) is 0 Å². The summed E-state index contributed by atoms with van der Waals surface area (Å²) < 4.78 is 15.9. The zero-order chi connectivity index (χ0) is 11.3. The number of hydrogen-bond acceptors (Lipinski definition) is 5. The van der Waals surface area contributed by atoms with Gasteiger partial charge in [0.25, 0.3) is 0 Å². The Morgan fingerprint density at radius 2 is 2.20 bits per heavy atom. The average molecular weight is 232 g/mol. The molecule has 15 heavy (non-hydrogen) atoms. The molecule has 0 N–H and O–H groups in total. The van der Waals surface area contributed by atoms with Gasteiger partial charge in [-0.1, -0.05) is 17.8 Å². The lowest BCUT2D eigenvalue weighted by molar-refractivity contribution is -0.109. The highest BCUT2D eigenvalue weighted by atomic mass is 32.2. The lowest BCUT2D eigenvalue weighted by Crippen LogP contribution is -2.38. The monoisotopic (exact) mass is 232 g/mol. The number of hydrogen-bond donors (Lipinski definition) is 0. The molecule has 5 heteroatoms. The number of carbonyl (C=O) groups excluding carboxylic acids is 1. The second kappa shape index (κ2) is 6.27. The predicted molar refractivity (Wildman–Crippen MR) is 58.7 cm³/mol. The minimum Gasteiger partial charge on any atom is -0.382 e. The summed E-state index contributed by atoms with van der Waals surface area (Å²) in [6, 6.07) is 0. The maximum atomic E-state index is 10.9. The molecule has 0 saturated carbocycles. The van der Waals surface area contributed by atoms with E-state index >= 15 is 0 Å². The highest BCUT2D eigenvalue weighted by Gasteiger charge is 2.27. The van der Waals surface area contributed by atoms with Crippen molar-refractivity contribution in [1.82, 2.24) is 0 Å². The highest BCUT2D eigenvalue weighted by Crippen LogP contribution is 2.23. The molecule has 0 aromatic rings. The van der Waals surface area contributed by atoms with E-state index in [2.05, 4.69) is 0 Å². The van der Waals surface area contributed by atoms with Crippen LogP contribution in [0.4, 0.5) is 0 Å². The Kier molecular flexibility index (Phi) is 5.31. The van der Waals surface area contributed by atoms with Crippen LogP contribution in [0.2, 0.25) is 0 Å². The molecule has 0 aliphatic carbocycles. The number of carbonyl (C=O) groups is 1. The van der Waals surface area contributed by atoms with Gasteiger partial charge in [0.1, 0.15) is 17.6 Å². The van der Waals surface area contributed by atoms with Crippen molar-refractivity contribution in [1.29, 1.82) is 0 Å². The second-order valence-electron chi connectivity index (χ2n) is 3.19. The molecule has 0 spiro atoms. The van der Waals surface area contributed by atoms with Crippen molar-refractivity contribution in [2.24, 2.45) is 0 Å². The molecule has 0 aromatic heterocycles. The summed E-state index contributed by atoms with van der Waals surface area (Å²) in [5.74, 6) is 0. The van der Waals surface area contributed by atoms with Crippen molar-refractivity contribution >= 4 is 16.9 Å². The first-order chi connectivity index (χ1) is 7.17. The maximum Gasteiger partial charge on any atom is 0.188 e. The van der Waals surface area contributed by atoms with E-state index in [1.807, 2.05) is 12.2 Å². The number of methoxy groups -OCH3 is 2. The number of rotatable bonds is 4. The Bertz CT molecular complexity index is 242. The molecular formula is C10H16O4S. The Morgan fingerprint density at radius 3 is 2.73 bits per heavy atom. The molecule has 4 nitrogen and oxygen atoms in total. The maximum absolute atomic E-state index is 10.9. The fourth-order valence-electron chi connectivity index (χ4n) is 1.38. The van der Waals surface area contributed by atoms with Gasteiger partial charge in [-0.05, 0) is 6.08 Å². The van der Waals surface area contributed by atoms with Crippen molar-refractivity contribution in [3.8, 4) is 0 Å². The van der Waals surface area contributed by atoms with E-state index in [0.29, 0.717) is 6.61 Å². The van der Waals surface area contributed by atoms with E-state index in [1.54, 1.807) is 14.2 Å². The fourth-order valence-corrected chi connectivity index (χ4v) is 2.07. The third-order valence-electron chi connectivity index (χ3n) is 2.02. The van der Waals surface area contributed by atoms with Crippen molar-refractivity contribution in [3.63, 3.8) is 0 Å². The van der Waals surface area contributed by atoms with E-state index in [0.717, 1.165) is 11.8 Å². The molecule has 1 heterocycles. The summed E-state index contributed by atoms with van der Waals surface area (Å²) in [6.07, 6.45) is 3.50. The molecule has 1 aliphatic heterocycles. The van der Waals surface area contributed by atoms with Crippen molar-refractivity contribution in [2.75, 3.05) is 20.8 Å². The Labute approximate surface area is 94.0 Å². The topological polar surface area (TPSA) is 44.8 Å². The van der Waals surface area contributed by atoms with Crippen molar-refractivity contribution in [3.05, 3.63) is 12.2 Å². The summed E-state index contributed by atoms with van der Waals surface area (Å²) in [6.45, 7) is 1.98. The van der Waals surface area contributed by atoms with Gasteiger partial charge in [0.05, 0.1) is 6.61 Å². The predicted octanol–water partition coefficient (Wildman–Crippen LogP) is 1.21. The van der Waals surface area contributed by atoms with E-state index in [9.17, 15) is 4.79 Å². The molecule has 0 bridgehead atoms. The second-order valence-corrected chi connectivity index (χ2v) is 4.47. The standard InChI is InChI=1S/C10H16O4S/c1-7(11)15-10-5-4-8(13-3)9(14-10)6-12-2/h4-5,8-10H,6H2,1-3H3/t8-,9+,10?/m0/s1. The molecule has 86 valence electrons. The van der Waals surface area contributed by atoms with Crippen LogP contribution in [0.5, 0.6) is 0 Å². The average Bonchev–Trinajstić information content (AvgIpc) is 2.18. The van der Waals surface area contributed by atoms with E-state index in [-0.39, 0.29) is 22.8 Å². The van der Waals surface area contributed by atoms with Crippen LogP contribution in [-0.4, -0.2) is 43.6 Å². The minimum absolute atomic E-state index is 0.0386. The van der Waals surface area contributed by atoms with Crippen molar-refractivity contribution < 1.29 is 19.0 Å². The van der Waals surface area contributed by atoms with Crippen LogP contribution in [0.15, 0.2) is 12.2 Å². The number of thioether (sulfide) groups is 1. The molecule has 0 radical (unpaired) electrons. The molecule has 3 atom stereocenters. The molecule has 1 unspecified atom stereocenters. The van der Waals surface area contributed by atoms with Crippen LogP contribution in [0.1, 0.15) is 6.92 Å². The van der Waals surface area contributed by atoms with Gasteiger partial charge in [0, 0.05) is 21.1 Å². The Balaban J connectivity index is 2.56. The molecule has 1 aliphatic rings. The Morgan fingerprint density at radius 1 is 1.47 bits per heavy atom. The van der Waals surface area contributed by atoms with Gasteiger partial charge in [-0.15, -0.1) is 0 Å². The molecule has 0 amide bonds. The SMILES string of the molecule is COC[C@H]1OC(SC(C)=O)C=C[C@@H]1OC. The normalized spacial score (nSPS) is 30.5. The van der Waals surface area contributed by atoms with Gasteiger partial charge in [-0.3, -0.25) is 4.79 Å². The molecule has 0 aromatic carbocycles. The van der Waals surface area contributed by atoms with Crippen LogP contribution in [-0.2, 0) is 19.0 Å². The van der Waals surface area contributed by atoms with Crippen LogP contribution in [0.25, 0.3) is 0 Å². The first kappa shape index (κ1) is 12.7. The Hall–Kier alpha value is -0.360. The van der Waals surface area contributed by atoms with Crippen LogP contribution in [0.3, 0.4) is 0 Å². The highest BCUT2D eigenvalue weighted by molar-refractivity contribution is 8.14.